The average molecular weight is 371 g/mol. The van der Waals surface area contributed by atoms with E-state index in [9.17, 15) is 0 Å². The molecule has 7 heteroatoms. The normalized spacial score (nSPS) is 13.1. The van der Waals surface area contributed by atoms with Crippen molar-refractivity contribution in [1.29, 1.82) is 0 Å². The lowest BCUT2D eigenvalue weighted by Gasteiger charge is -2.28. The van der Waals surface area contributed by atoms with Crippen LogP contribution in [-0.4, -0.2) is 38.2 Å². The number of benzene rings is 1. The summed E-state index contributed by atoms with van der Waals surface area (Å²) >= 11 is 0. The van der Waals surface area contributed by atoms with Gasteiger partial charge in [-0.15, -0.1) is 0 Å². The van der Waals surface area contributed by atoms with Gasteiger partial charge in [-0.05, 0) is 23.6 Å². The standard InChI is InChI=1S/C21H21N7/c1-2-5-16(6-3-1)14-28-12-9-17-18-19(27-26-17)24-21(25-20(18)28)23-11-8-15-7-4-10-22-13-15/h1-7,10,13H,8-9,11-12,14H2,(H2,23,24,25,26,27). The molecule has 3 aromatic heterocycles. The number of nitrogens with zero attached hydrogens (tertiary/aromatic N) is 5. The third-order valence-electron chi connectivity index (χ3n) is 5.04. The Labute approximate surface area is 162 Å². The summed E-state index contributed by atoms with van der Waals surface area (Å²) in [5, 5.41) is 11.9. The summed E-state index contributed by atoms with van der Waals surface area (Å²) < 4.78 is 0. The van der Waals surface area contributed by atoms with Crippen molar-refractivity contribution in [3.63, 3.8) is 0 Å². The molecule has 0 atom stereocenters. The number of hydrogen-bond acceptors (Lipinski definition) is 6. The summed E-state index contributed by atoms with van der Waals surface area (Å²) in [6, 6.07) is 14.5. The SMILES string of the molecule is c1ccc(CN2CCc3[nH]nc4nc(NCCc5cccnc5)nc2c34)cc1. The van der Waals surface area contributed by atoms with E-state index in [1.54, 1.807) is 6.20 Å². The van der Waals surface area contributed by atoms with Crippen LogP contribution in [-0.2, 0) is 19.4 Å². The van der Waals surface area contributed by atoms with E-state index in [0.717, 1.165) is 55.0 Å². The highest BCUT2D eigenvalue weighted by Crippen LogP contribution is 2.32. The van der Waals surface area contributed by atoms with Gasteiger partial charge < -0.3 is 10.2 Å². The number of hydrogen-bond donors (Lipinski definition) is 2. The Hall–Kier alpha value is -3.48. The average Bonchev–Trinajstić information content (AvgIpc) is 3.16. The van der Waals surface area contributed by atoms with Crippen LogP contribution in [0.4, 0.5) is 11.8 Å². The predicted octanol–water partition coefficient (Wildman–Crippen LogP) is 2.97. The van der Waals surface area contributed by atoms with Gasteiger partial charge >= 0.3 is 0 Å². The maximum Gasteiger partial charge on any atom is 0.226 e. The summed E-state index contributed by atoms with van der Waals surface area (Å²) in [5.41, 5.74) is 4.30. The zero-order chi connectivity index (χ0) is 18.8. The van der Waals surface area contributed by atoms with Gasteiger partial charge in [-0.1, -0.05) is 36.4 Å². The second-order valence-corrected chi connectivity index (χ2v) is 6.97. The van der Waals surface area contributed by atoms with E-state index >= 15 is 0 Å². The molecule has 0 aliphatic carbocycles. The van der Waals surface area contributed by atoms with Crippen LogP contribution in [0.3, 0.4) is 0 Å². The van der Waals surface area contributed by atoms with Crippen LogP contribution in [0.2, 0.25) is 0 Å². The van der Waals surface area contributed by atoms with Crippen LogP contribution in [0.25, 0.3) is 11.0 Å². The first-order valence-electron chi connectivity index (χ1n) is 9.53. The smallest absolute Gasteiger partial charge is 0.226 e. The lowest BCUT2D eigenvalue weighted by molar-refractivity contribution is 0.747. The largest absolute Gasteiger partial charge is 0.354 e. The first-order valence-corrected chi connectivity index (χ1v) is 9.53. The summed E-state index contributed by atoms with van der Waals surface area (Å²) in [7, 11) is 0. The molecular weight excluding hydrogens is 350 g/mol. The van der Waals surface area contributed by atoms with Crippen LogP contribution in [0.5, 0.6) is 0 Å². The number of rotatable bonds is 6. The van der Waals surface area contributed by atoms with Gasteiger partial charge in [0.2, 0.25) is 5.95 Å². The molecule has 0 saturated carbocycles. The van der Waals surface area contributed by atoms with Crippen LogP contribution in [0, 0.1) is 0 Å². The van der Waals surface area contributed by atoms with Gasteiger partial charge in [0.1, 0.15) is 5.82 Å². The van der Waals surface area contributed by atoms with E-state index in [1.807, 2.05) is 18.3 Å². The van der Waals surface area contributed by atoms with Crippen molar-refractivity contribution in [1.82, 2.24) is 25.1 Å². The van der Waals surface area contributed by atoms with E-state index in [4.69, 9.17) is 4.98 Å². The molecule has 1 aromatic carbocycles. The molecule has 4 heterocycles. The van der Waals surface area contributed by atoms with Crippen molar-refractivity contribution < 1.29 is 0 Å². The van der Waals surface area contributed by atoms with Crippen LogP contribution < -0.4 is 10.2 Å². The molecule has 1 aliphatic rings. The van der Waals surface area contributed by atoms with Gasteiger partial charge in [0, 0.05) is 38.4 Å². The first-order chi connectivity index (χ1) is 13.9. The van der Waals surface area contributed by atoms with E-state index in [1.165, 1.54) is 11.1 Å². The van der Waals surface area contributed by atoms with Crippen molar-refractivity contribution >= 4 is 22.8 Å². The zero-order valence-corrected chi connectivity index (χ0v) is 15.5. The molecule has 28 heavy (non-hydrogen) atoms. The van der Waals surface area contributed by atoms with Crippen LogP contribution in [0.15, 0.2) is 54.9 Å². The fraction of sp³-hybridized carbons (Fsp3) is 0.238. The van der Waals surface area contributed by atoms with E-state index in [0.29, 0.717) is 5.95 Å². The Kier molecular flexibility index (Phi) is 4.33. The van der Waals surface area contributed by atoms with Crippen molar-refractivity contribution in [3.05, 3.63) is 71.7 Å². The minimum absolute atomic E-state index is 0.615. The number of anilines is 2. The van der Waals surface area contributed by atoms with E-state index in [-0.39, 0.29) is 0 Å². The molecule has 0 spiro atoms. The van der Waals surface area contributed by atoms with E-state index < -0.39 is 0 Å². The monoisotopic (exact) mass is 371 g/mol. The minimum Gasteiger partial charge on any atom is -0.354 e. The molecule has 1 aliphatic heterocycles. The summed E-state index contributed by atoms with van der Waals surface area (Å²) in [4.78, 5) is 15.9. The Balaban J connectivity index is 1.40. The topological polar surface area (TPSA) is 82.6 Å². The number of aromatic nitrogens is 5. The highest BCUT2D eigenvalue weighted by Gasteiger charge is 2.24. The van der Waals surface area contributed by atoms with Gasteiger partial charge in [0.15, 0.2) is 5.65 Å². The Morgan fingerprint density at radius 3 is 2.79 bits per heavy atom. The van der Waals surface area contributed by atoms with Crippen LogP contribution in [0.1, 0.15) is 16.8 Å². The quantitative estimate of drug-likeness (QED) is 0.542. The molecule has 4 aromatic rings. The van der Waals surface area contributed by atoms with Gasteiger partial charge in [0.05, 0.1) is 11.1 Å². The fourth-order valence-corrected chi connectivity index (χ4v) is 3.63. The molecule has 0 saturated heterocycles. The summed E-state index contributed by atoms with van der Waals surface area (Å²) in [5.74, 6) is 1.57. The van der Waals surface area contributed by atoms with Crippen molar-refractivity contribution in [2.24, 2.45) is 0 Å². The molecule has 0 unspecified atom stereocenters. The molecule has 5 rings (SSSR count). The van der Waals surface area contributed by atoms with Crippen molar-refractivity contribution in [2.45, 2.75) is 19.4 Å². The van der Waals surface area contributed by atoms with Gasteiger partial charge in [-0.3, -0.25) is 10.1 Å². The third kappa shape index (κ3) is 3.26. The lowest BCUT2D eigenvalue weighted by Crippen LogP contribution is -2.29. The van der Waals surface area contributed by atoms with Crippen molar-refractivity contribution in [3.8, 4) is 0 Å². The molecule has 0 fully saturated rings. The molecule has 0 bridgehead atoms. The van der Waals surface area contributed by atoms with Crippen LogP contribution >= 0.6 is 0 Å². The molecule has 0 amide bonds. The van der Waals surface area contributed by atoms with Gasteiger partial charge in [-0.25, -0.2) is 0 Å². The van der Waals surface area contributed by atoms with Crippen molar-refractivity contribution in [2.75, 3.05) is 23.3 Å². The Morgan fingerprint density at radius 1 is 1.04 bits per heavy atom. The number of pyridine rings is 1. The maximum absolute atomic E-state index is 4.84. The fourth-order valence-electron chi connectivity index (χ4n) is 3.63. The molecule has 2 N–H and O–H groups in total. The third-order valence-corrected chi connectivity index (χ3v) is 5.04. The van der Waals surface area contributed by atoms with Gasteiger partial charge in [0.25, 0.3) is 0 Å². The van der Waals surface area contributed by atoms with Gasteiger partial charge in [-0.2, -0.15) is 15.1 Å². The molecular formula is C21H21N7. The number of nitrogens with one attached hydrogen (secondary N) is 2. The highest BCUT2D eigenvalue weighted by atomic mass is 15.3. The zero-order valence-electron chi connectivity index (χ0n) is 15.5. The lowest BCUT2D eigenvalue weighted by atomic mass is 10.1. The molecule has 7 nitrogen and oxygen atoms in total. The molecule has 0 radical (unpaired) electrons. The Bertz CT molecular complexity index is 1080. The highest BCUT2D eigenvalue weighted by molar-refractivity contribution is 5.91. The maximum atomic E-state index is 4.84. The first kappa shape index (κ1) is 16.7. The number of H-pyrrole nitrogens is 1. The number of aromatic amines is 1. The summed E-state index contributed by atoms with van der Waals surface area (Å²) in [6.07, 6.45) is 5.46. The second-order valence-electron chi connectivity index (χ2n) is 6.97. The van der Waals surface area contributed by atoms with E-state index in [2.05, 4.69) is 60.7 Å². The Morgan fingerprint density at radius 2 is 1.93 bits per heavy atom. The minimum atomic E-state index is 0.615. The second kappa shape index (κ2) is 7.26. The predicted molar refractivity (Wildman–Crippen MR) is 109 cm³/mol. The molecule has 140 valence electrons. The summed E-state index contributed by atoms with van der Waals surface area (Å²) in [6.45, 7) is 2.48.